The topological polar surface area (TPSA) is 76.5 Å². The third kappa shape index (κ3) is 9.35. The van der Waals surface area contributed by atoms with E-state index in [2.05, 4.69) is 108 Å². The van der Waals surface area contributed by atoms with Crippen molar-refractivity contribution in [1.82, 2.24) is 4.98 Å². The van der Waals surface area contributed by atoms with Crippen molar-refractivity contribution in [3.05, 3.63) is 102 Å². The molecule has 3 aromatic carbocycles. The molecule has 0 amide bonds. The van der Waals surface area contributed by atoms with E-state index in [0.29, 0.717) is 11.6 Å². The monoisotopic (exact) mass is 919 g/mol. The third-order valence-electron chi connectivity index (χ3n) is 11.7. The molecule has 6 heteroatoms. The van der Waals surface area contributed by atoms with Crippen molar-refractivity contribution in [3.63, 3.8) is 0 Å². The van der Waals surface area contributed by atoms with Crippen molar-refractivity contribution in [2.45, 2.75) is 121 Å². The minimum atomic E-state index is -0.337. The summed E-state index contributed by atoms with van der Waals surface area (Å²) in [6.45, 7) is 25.3. The number of aliphatic hydroxyl groups is 1. The fourth-order valence-electron chi connectivity index (χ4n) is 6.99. The van der Waals surface area contributed by atoms with Crippen LogP contribution in [0, 0.1) is 29.7 Å². The second kappa shape index (κ2) is 17.4. The molecule has 0 saturated carbocycles. The van der Waals surface area contributed by atoms with E-state index in [-0.39, 0.29) is 47.9 Å². The van der Waals surface area contributed by atoms with Gasteiger partial charge in [-0.3, -0.25) is 9.78 Å². The van der Waals surface area contributed by atoms with Crippen LogP contribution in [0.2, 0.25) is 0 Å². The number of aromatic nitrogens is 1. The number of aryl methyl sites for hydroxylation is 1. The zero-order valence-corrected chi connectivity index (χ0v) is 37.4. The standard InChI is InChI=1S/C34H32NO2.C15H28O2.Ir/c1-20(2)13-26-15-24-12-11-23(17-31(24)37-26)28-18-30(35-33-32(28)21(3)19-36-33)25-14-22-9-7-8-10-27(22)29(16-25)34(4,5)6;1-7-14(5,8-2)12(16)11-13(17)15(6,9-3)10-4;/h7-12,15-20H,13H2,1-6H3;11,16H,7-10H2,1-6H3;/q-1;;/b;12-11-;. The van der Waals surface area contributed by atoms with E-state index in [1.54, 1.807) is 6.26 Å². The maximum absolute atomic E-state index is 12.2. The summed E-state index contributed by atoms with van der Waals surface area (Å²) in [5.74, 6) is 1.86. The molecule has 1 radical (unpaired) electrons. The summed E-state index contributed by atoms with van der Waals surface area (Å²) in [6, 6.07) is 25.2. The molecule has 0 bridgehead atoms. The van der Waals surface area contributed by atoms with Gasteiger partial charge in [0.15, 0.2) is 5.78 Å². The Balaban J connectivity index is 0.000000320. The van der Waals surface area contributed by atoms with Crippen LogP contribution in [0.4, 0.5) is 0 Å². The zero-order chi connectivity index (χ0) is 39.6. The molecule has 55 heavy (non-hydrogen) atoms. The van der Waals surface area contributed by atoms with Crippen molar-refractivity contribution in [3.8, 4) is 22.4 Å². The number of nitrogens with zero attached hydrogens (tertiary/aromatic N) is 1. The van der Waals surface area contributed by atoms with Gasteiger partial charge in [-0.1, -0.05) is 124 Å². The fraction of sp³-hybridized carbons (Fsp3) is 0.429. The Morgan fingerprint density at radius 1 is 0.891 bits per heavy atom. The number of aliphatic hydroxyl groups excluding tert-OH is 1. The normalized spacial score (nSPS) is 12.6. The molecule has 0 aliphatic heterocycles. The van der Waals surface area contributed by atoms with Crippen LogP contribution in [0.15, 0.2) is 87.6 Å². The summed E-state index contributed by atoms with van der Waals surface area (Å²) >= 11 is 0. The summed E-state index contributed by atoms with van der Waals surface area (Å²) in [7, 11) is 0. The summed E-state index contributed by atoms with van der Waals surface area (Å²) < 4.78 is 12.2. The van der Waals surface area contributed by atoms with Crippen molar-refractivity contribution in [1.29, 1.82) is 0 Å². The number of carbonyl (C=O) groups excluding carboxylic acids is 1. The van der Waals surface area contributed by atoms with Crippen LogP contribution in [0.25, 0.3) is 55.2 Å². The molecular formula is C49H60IrNO4-. The van der Waals surface area contributed by atoms with E-state index in [1.807, 2.05) is 41.5 Å². The molecule has 0 aliphatic rings. The molecule has 0 spiro atoms. The van der Waals surface area contributed by atoms with E-state index in [4.69, 9.17) is 13.8 Å². The van der Waals surface area contributed by atoms with Gasteiger partial charge in [-0.2, -0.15) is 0 Å². The van der Waals surface area contributed by atoms with E-state index >= 15 is 0 Å². The van der Waals surface area contributed by atoms with E-state index < -0.39 is 0 Å². The predicted molar refractivity (Wildman–Crippen MR) is 226 cm³/mol. The maximum atomic E-state index is 12.2. The van der Waals surface area contributed by atoms with Gasteiger partial charge in [0.2, 0.25) is 5.71 Å². The number of carbonyl (C=O) groups is 1. The molecular weight excluding hydrogens is 859 g/mol. The average molecular weight is 919 g/mol. The maximum Gasteiger partial charge on any atom is 0.219 e. The van der Waals surface area contributed by atoms with Crippen LogP contribution >= 0.6 is 0 Å². The Labute approximate surface area is 342 Å². The molecule has 295 valence electrons. The predicted octanol–water partition coefficient (Wildman–Crippen LogP) is 14.3. The van der Waals surface area contributed by atoms with Crippen LogP contribution < -0.4 is 0 Å². The summed E-state index contributed by atoms with van der Waals surface area (Å²) in [6.07, 6.45) is 7.48. The Kier molecular flexibility index (Phi) is 13.9. The Bertz CT molecular complexity index is 2290. The third-order valence-corrected chi connectivity index (χ3v) is 11.7. The number of allylic oxidation sites excluding steroid dienone is 2. The molecule has 5 nitrogen and oxygen atoms in total. The van der Waals surface area contributed by atoms with Crippen LogP contribution in [-0.2, 0) is 36.7 Å². The van der Waals surface area contributed by atoms with E-state index in [0.717, 1.165) is 87.6 Å². The number of hydrogen-bond donors (Lipinski definition) is 1. The van der Waals surface area contributed by atoms with Crippen LogP contribution in [0.3, 0.4) is 0 Å². The largest absolute Gasteiger partial charge is 0.512 e. The SMILES string of the molecule is CCC(C)(CC)C(=O)/C=C(\O)C(C)(CC)CC.Cc1coc2nc(-c3[c-]c4ccccc4c(C(C)(C)C)c3)cc(-c3ccc4cc(CC(C)C)oc4c3)c12.[Ir]. The van der Waals surface area contributed by atoms with Gasteiger partial charge in [-0.05, 0) is 72.8 Å². The van der Waals surface area contributed by atoms with Crippen LogP contribution in [-0.4, -0.2) is 15.9 Å². The number of benzene rings is 3. The first kappa shape index (κ1) is 43.7. The number of ketones is 1. The Morgan fingerprint density at radius 2 is 1.55 bits per heavy atom. The molecule has 0 fully saturated rings. The van der Waals surface area contributed by atoms with Gasteiger partial charge in [-0.15, -0.1) is 29.1 Å². The Morgan fingerprint density at radius 3 is 2.16 bits per heavy atom. The van der Waals surface area contributed by atoms with E-state index in [9.17, 15) is 9.90 Å². The van der Waals surface area contributed by atoms with Crippen molar-refractivity contribution < 1.29 is 38.8 Å². The van der Waals surface area contributed by atoms with Gasteiger partial charge >= 0.3 is 0 Å². The molecule has 3 heterocycles. The molecule has 1 N–H and O–H groups in total. The Hall–Kier alpha value is -3.99. The number of pyridine rings is 1. The zero-order valence-electron chi connectivity index (χ0n) is 35.0. The number of fused-ring (bicyclic) bond motifs is 3. The van der Waals surface area contributed by atoms with E-state index in [1.165, 1.54) is 17.0 Å². The minimum absolute atomic E-state index is 0. The second-order valence-electron chi connectivity index (χ2n) is 17.0. The van der Waals surface area contributed by atoms with Gasteiger partial charge in [0.25, 0.3) is 0 Å². The van der Waals surface area contributed by atoms with Gasteiger partial charge in [-0.25, -0.2) is 0 Å². The molecule has 0 saturated heterocycles. The molecule has 0 unspecified atom stereocenters. The molecule has 0 atom stereocenters. The van der Waals surface area contributed by atoms with Gasteiger partial charge in [0, 0.05) is 59.9 Å². The summed E-state index contributed by atoms with van der Waals surface area (Å²) in [5.41, 5.74) is 7.29. The smallest absolute Gasteiger partial charge is 0.219 e. The first-order valence-electron chi connectivity index (χ1n) is 19.8. The number of hydrogen-bond acceptors (Lipinski definition) is 5. The molecule has 3 aromatic heterocycles. The fourth-order valence-corrected chi connectivity index (χ4v) is 6.99. The molecule has 0 aliphatic carbocycles. The molecule has 6 rings (SSSR count). The van der Waals surface area contributed by atoms with Crippen LogP contribution in [0.5, 0.6) is 0 Å². The summed E-state index contributed by atoms with van der Waals surface area (Å²) in [4.78, 5) is 17.1. The molecule has 6 aromatic rings. The van der Waals surface area contributed by atoms with Crippen molar-refractivity contribution >= 4 is 38.6 Å². The van der Waals surface area contributed by atoms with Gasteiger partial charge in [0.1, 0.15) is 17.1 Å². The van der Waals surface area contributed by atoms with Gasteiger partial charge < -0.3 is 13.9 Å². The number of rotatable bonds is 11. The second-order valence-corrected chi connectivity index (χ2v) is 17.0. The van der Waals surface area contributed by atoms with Gasteiger partial charge in [0.05, 0.1) is 6.26 Å². The first-order chi connectivity index (χ1) is 25.5. The van der Waals surface area contributed by atoms with Crippen molar-refractivity contribution in [2.75, 3.05) is 0 Å². The number of furan rings is 2. The average Bonchev–Trinajstić information content (AvgIpc) is 3.74. The summed E-state index contributed by atoms with van der Waals surface area (Å²) in [5, 5.41) is 14.6. The van der Waals surface area contributed by atoms with Crippen molar-refractivity contribution in [2.24, 2.45) is 16.7 Å². The minimum Gasteiger partial charge on any atom is -0.512 e. The quantitative estimate of drug-likeness (QED) is 0.0796. The van der Waals surface area contributed by atoms with Crippen LogP contribution in [0.1, 0.15) is 119 Å². The first-order valence-corrected chi connectivity index (χ1v) is 19.8.